The number of carbonyl (C=O) groups is 2. The Labute approximate surface area is 255 Å². The molecule has 0 unspecified atom stereocenters. The first kappa shape index (κ1) is 32.4. The Balaban J connectivity index is 1.48. The number of benzene rings is 1. The van der Waals surface area contributed by atoms with Crippen molar-refractivity contribution in [2.75, 3.05) is 6.54 Å². The fourth-order valence-corrected chi connectivity index (χ4v) is 8.29. The van der Waals surface area contributed by atoms with Crippen LogP contribution in [0, 0.1) is 17.3 Å². The smallest absolute Gasteiger partial charge is 0.383 e. The molecule has 5 atom stereocenters. The van der Waals surface area contributed by atoms with Gasteiger partial charge in [0.25, 0.3) is 0 Å². The average Bonchev–Trinajstić information content (AvgIpc) is 3.20. The highest BCUT2D eigenvalue weighted by Gasteiger charge is 2.79. The van der Waals surface area contributed by atoms with Crippen molar-refractivity contribution < 1.29 is 36.6 Å². The van der Waals surface area contributed by atoms with E-state index in [1.807, 2.05) is 51.1 Å². The molecule has 0 spiro atoms. The number of aliphatic hydroxyl groups is 1. The highest BCUT2D eigenvalue weighted by atomic mass is 19.4. The molecular formula is C34H41F5N2O3. The summed E-state index contributed by atoms with van der Waals surface area (Å²) in [5.74, 6) is -6.50. The number of amides is 2. The number of hydrogen-bond acceptors (Lipinski definition) is 3. The molecule has 2 fully saturated rings. The standard InChI is InChI=1S/C34H41F5N2O3/c1-30(2,3)41-29(43)40-17-5-6-20-7-9-21(10-8-20)26-19-31(4)27(15-16-32(31,44)33(35,36)34(37,38)39)25-13-11-22-18-23(42)12-14-24(22)28(25)26/h5-10,18,25-27,44H,11-17,19H2,1-4H3,(H2,40,41,43)/t25-,26+,27-,31-,32-/m0/s1. The molecule has 1 aromatic rings. The Morgan fingerprint density at radius 2 is 1.73 bits per heavy atom. The van der Waals surface area contributed by atoms with Crippen molar-refractivity contribution in [1.29, 1.82) is 0 Å². The van der Waals surface area contributed by atoms with Gasteiger partial charge in [0.1, 0.15) is 5.60 Å². The quantitative estimate of drug-likeness (QED) is 0.296. The van der Waals surface area contributed by atoms with Crippen LogP contribution in [0.15, 0.2) is 53.1 Å². The number of fused-ring (bicyclic) bond motifs is 4. The number of rotatable bonds is 5. The molecule has 1 aromatic carbocycles. The molecule has 0 saturated heterocycles. The minimum Gasteiger partial charge on any atom is -0.383 e. The number of halogens is 5. The van der Waals surface area contributed by atoms with E-state index in [9.17, 15) is 27.9 Å². The fourth-order valence-electron chi connectivity index (χ4n) is 8.29. The number of ketones is 1. The zero-order valence-electron chi connectivity index (χ0n) is 25.6. The van der Waals surface area contributed by atoms with E-state index in [0.29, 0.717) is 32.2 Å². The molecule has 3 N–H and O–H groups in total. The summed E-state index contributed by atoms with van der Waals surface area (Å²) >= 11 is 0. The molecule has 0 bridgehead atoms. The van der Waals surface area contributed by atoms with E-state index in [2.05, 4.69) is 10.6 Å². The first-order valence-electron chi connectivity index (χ1n) is 15.3. The number of alkyl halides is 5. The normalized spacial score (nSPS) is 30.9. The van der Waals surface area contributed by atoms with Crippen molar-refractivity contribution in [3.63, 3.8) is 0 Å². The van der Waals surface area contributed by atoms with Gasteiger partial charge < -0.3 is 15.7 Å². The van der Waals surface area contributed by atoms with Crippen molar-refractivity contribution in [1.82, 2.24) is 10.6 Å². The average molecular weight is 621 g/mol. The second-order valence-corrected chi connectivity index (χ2v) is 14.1. The summed E-state index contributed by atoms with van der Waals surface area (Å²) in [6.45, 7) is 7.35. The van der Waals surface area contributed by atoms with Gasteiger partial charge in [-0.05, 0) is 99.5 Å². The molecule has 10 heteroatoms. The molecule has 0 aliphatic heterocycles. The summed E-state index contributed by atoms with van der Waals surface area (Å²) in [6.07, 6.45) is 0.773. The Hall–Kier alpha value is -3.01. The number of nitrogens with one attached hydrogen (secondary N) is 2. The van der Waals surface area contributed by atoms with E-state index in [0.717, 1.165) is 27.8 Å². The van der Waals surface area contributed by atoms with Gasteiger partial charge in [-0.2, -0.15) is 22.0 Å². The number of carbonyl (C=O) groups excluding carboxylic acids is 2. The van der Waals surface area contributed by atoms with Gasteiger partial charge in [-0.15, -0.1) is 0 Å². The van der Waals surface area contributed by atoms with Gasteiger partial charge >= 0.3 is 18.1 Å². The van der Waals surface area contributed by atoms with Crippen LogP contribution in [0.3, 0.4) is 0 Å². The van der Waals surface area contributed by atoms with Crippen LogP contribution in [0.4, 0.5) is 26.7 Å². The predicted octanol–water partition coefficient (Wildman–Crippen LogP) is 7.63. The van der Waals surface area contributed by atoms with E-state index >= 15 is 8.78 Å². The summed E-state index contributed by atoms with van der Waals surface area (Å²) < 4.78 is 71.6. The number of hydrogen-bond donors (Lipinski definition) is 3. The lowest BCUT2D eigenvalue weighted by Gasteiger charge is -2.56. The third-order valence-electron chi connectivity index (χ3n) is 10.3. The lowest BCUT2D eigenvalue weighted by atomic mass is 9.50. The van der Waals surface area contributed by atoms with Crippen LogP contribution in [0.2, 0.25) is 0 Å². The zero-order valence-corrected chi connectivity index (χ0v) is 25.6. The van der Waals surface area contributed by atoms with Crippen molar-refractivity contribution in [2.45, 2.75) is 102 Å². The van der Waals surface area contributed by atoms with Crippen LogP contribution >= 0.6 is 0 Å². The lowest BCUT2D eigenvalue weighted by Crippen LogP contribution is -2.65. The molecule has 0 heterocycles. The molecule has 2 amide bonds. The van der Waals surface area contributed by atoms with E-state index < -0.39 is 41.4 Å². The molecule has 2 saturated carbocycles. The van der Waals surface area contributed by atoms with E-state index in [1.165, 1.54) is 6.92 Å². The monoisotopic (exact) mass is 620 g/mol. The largest absolute Gasteiger partial charge is 0.456 e. The van der Waals surface area contributed by atoms with Gasteiger partial charge in [0.2, 0.25) is 0 Å². The van der Waals surface area contributed by atoms with E-state index in [1.54, 1.807) is 12.2 Å². The summed E-state index contributed by atoms with van der Waals surface area (Å²) in [4.78, 5) is 24.2. The second-order valence-electron chi connectivity index (χ2n) is 14.1. The minimum atomic E-state index is -5.88. The molecule has 5 rings (SSSR count). The Bertz CT molecular complexity index is 1410. The maximum atomic E-state index is 15.2. The van der Waals surface area contributed by atoms with Gasteiger partial charge in [0, 0.05) is 29.8 Å². The second kappa shape index (κ2) is 11.1. The summed E-state index contributed by atoms with van der Waals surface area (Å²) in [7, 11) is 0. The SMILES string of the molecule is CC(C)(C)NC(=O)NCC=Cc1ccc([C@H]2C[C@@]3(C)[C@@H](CC[C@@]3(O)C(F)(F)C(F)(F)F)[C@@H]3CCC4=CC(=O)CCC4=C32)cc1. The van der Waals surface area contributed by atoms with Crippen LogP contribution in [-0.2, 0) is 4.79 Å². The molecule has 4 aliphatic carbocycles. The fraction of sp³-hybridized carbons (Fsp3) is 0.588. The van der Waals surface area contributed by atoms with Crippen molar-refractivity contribution >= 4 is 17.9 Å². The molecule has 240 valence electrons. The summed E-state index contributed by atoms with van der Waals surface area (Å²) in [5.41, 5.74) is -0.663. The summed E-state index contributed by atoms with van der Waals surface area (Å²) in [6, 6.07) is 7.13. The lowest BCUT2D eigenvalue weighted by molar-refractivity contribution is -0.362. The van der Waals surface area contributed by atoms with Crippen LogP contribution in [0.25, 0.3) is 6.08 Å². The van der Waals surface area contributed by atoms with Gasteiger partial charge in [-0.1, -0.05) is 48.9 Å². The third kappa shape index (κ3) is 5.52. The van der Waals surface area contributed by atoms with Crippen LogP contribution < -0.4 is 10.6 Å². The van der Waals surface area contributed by atoms with Gasteiger partial charge in [-0.3, -0.25) is 4.79 Å². The first-order valence-corrected chi connectivity index (χ1v) is 15.3. The first-order chi connectivity index (χ1) is 20.4. The third-order valence-corrected chi connectivity index (χ3v) is 10.3. The van der Waals surface area contributed by atoms with Crippen LogP contribution in [-0.4, -0.2) is 46.7 Å². The van der Waals surface area contributed by atoms with Crippen molar-refractivity contribution in [3.8, 4) is 0 Å². The van der Waals surface area contributed by atoms with Gasteiger partial charge in [0.15, 0.2) is 5.78 Å². The highest BCUT2D eigenvalue weighted by Crippen LogP contribution is 2.70. The van der Waals surface area contributed by atoms with Crippen molar-refractivity contribution in [3.05, 3.63) is 64.3 Å². The Morgan fingerprint density at radius 3 is 2.36 bits per heavy atom. The predicted molar refractivity (Wildman–Crippen MR) is 158 cm³/mol. The minimum absolute atomic E-state index is 0.0431. The van der Waals surface area contributed by atoms with Gasteiger partial charge in [0.05, 0.1) is 0 Å². The molecule has 0 radical (unpaired) electrons. The maximum absolute atomic E-state index is 15.2. The zero-order chi connectivity index (χ0) is 32.3. The molecule has 44 heavy (non-hydrogen) atoms. The van der Waals surface area contributed by atoms with E-state index in [-0.39, 0.29) is 36.1 Å². The maximum Gasteiger partial charge on any atom is 0.456 e. The molecule has 4 aliphatic rings. The number of allylic oxidation sites excluding steroid dienone is 4. The number of urea groups is 1. The molecule has 5 nitrogen and oxygen atoms in total. The Morgan fingerprint density at radius 1 is 1.05 bits per heavy atom. The molecule has 0 aromatic heterocycles. The Kier molecular flexibility index (Phi) is 8.17. The van der Waals surface area contributed by atoms with Crippen LogP contribution in [0.5, 0.6) is 0 Å². The van der Waals surface area contributed by atoms with E-state index in [4.69, 9.17) is 0 Å². The molecular weight excluding hydrogens is 579 g/mol. The van der Waals surface area contributed by atoms with Crippen molar-refractivity contribution in [2.24, 2.45) is 17.3 Å². The van der Waals surface area contributed by atoms with Crippen LogP contribution in [0.1, 0.15) is 89.7 Å². The topological polar surface area (TPSA) is 78.4 Å². The summed E-state index contributed by atoms with van der Waals surface area (Å²) in [5, 5.41) is 17.0. The highest BCUT2D eigenvalue weighted by molar-refractivity contribution is 5.93. The van der Waals surface area contributed by atoms with Gasteiger partial charge in [-0.25, -0.2) is 4.79 Å².